The predicted molar refractivity (Wildman–Crippen MR) is 69.7 cm³/mol. The third-order valence-corrected chi connectivity index (χ3v) is 3.17. The normalized spacial score (nSPS) is 12.7. The number of nitrogens with zero attached hydrogens (tertiary/aromatic N) is 2. The van der Waals surface area contributed by atoms with Crippen LogP contribution in [0.1, 0.15) is 5.89 Å². The maximum Gasteiger partial charge on any atom is 0.264 e. The smallest absolute Gasteiger partial charge is 0.264 e. The molecule has 1 N–H and O–H groups in total. The standard InChI is InChI=1S/C12H11BrF2N2O3/c1-19-9-3-2-6(4-7(9)13)12-16-10(20-17-12)5-8(18)11(14)15/h2-4,8,11,18H,5H2,1H3. The number of aromatic nitrogens is 2. The van der Waals surface area contributed by atoms with Gasteiger partial charge in [0.15, 0.2) is 0 Å². The molecule has 0 radical (unpaired) electrons. The van der Waals surface area contributed by atoms with Crippen LogP contribution in [0.15, 0.2) is 27.2 Å². The molecule has 1 atom stereocenters. The van der Waals surface area contributed by atoms with Gasteiger partial charge in [0, 0.05) is 5.56 Å². The van der Waals surface area contributed by atoms with Gasteiger partial charge in [0.05, 0.1) is 18.0 Å². The fraction of sp³-hybridized carbons (Fsp3) is 0.333. The largest absolute Gasteiger partial charge is 0.496 e. The minimum Gasteiger partial charge on any atom is -0.496 e. The molecule has 0 aliphatic carbocycles. The van der Waals surface area contributed by atoms with E-state index in [1.54, 1.807) is 18.2 Å². The lowest BCUT2D eigenvalue weighted by Gasteiger charge is -2.04. The zero-order valence-corrected chi connectivity index (χ0v) is 12.0. The van der Waals surface area contributed by atoms with E-state index in [0.29, 0.717) is 15.8 Å². The Bertz CT molecular complexity index is 592. The zero-order chi connectivity index (χ0) is 14.7. The Morgan fingerprint density at radius 1 is 1.45 bits per heavy atom. The molecule has 1 heterocycles. The summed E-state index contributed by atoms with van der Waals surface area (Å²) in [5, 5.41) is 12.8. The van der Waals surface area contributed by atoms with Crippen LogP contribution in [0.25, 0.3) is 11.4 Å². The molecule has 20 heavy (non-hydrogen) atoms. The Morgan fingerprint density at radius 2 is 2.20 bits per heavy atom. The van der Waals surface area contributed by atoms with E-state index < -0.39 is 12.5 Å². The first kappa shape index (κ1) is 14.9. The number of benzene rings is 1. The predicted octanol–water partition coefficient (Wildman–Crippen LogP) is 2.68. The third-order valence-electron chi connectivity index (χ3n) is 2.55. The summed E-state index contributed by atoms with van der Waals surface area (Å²) in [5.41, 5.74) is 0.638. The molecule has 1 unspecified atom stereocenters. The van der Waals surface area contributed by atoms with E-state index in [0.717, 1.165) is 0 Å². The number of alkyl halides is 2. The van der Waals surface area contributed by atoms with Crippen molar-refractivity contribution >= 4 is 15.9 Å². The quantitative estimate of drug-likeness (QED) is 0.899. The van der Waals surface area contributed by atoms with Gasteiger partial charge in [-0.1, -0.05) is 5.16 Å². The van der Waals surface area contributed by atoms with E-state index in [4.69, 9.17) is 14.4 Å². The fourth-order valence-electron chi connectivity index (χ4n) is 1.53. The van der Waals surface area contributed by atoms with Crippen molar-refractivity contribution in [3.8, 4) is 17.1 Å². The van der Waals surface area contributed by atoms with Gasteiger partial charge in [-0.05, 0) is 34.1 Å². The lowest BCUT2D eigenvalue weighted by atomic mass is 10.2. The molecule has 108 valence electrons. The van der Waals surface area contributed by atoms with Gasteiger partial charge < -0.3 is 14.4 Å². The fourth-order valence-corrected chi connectivity index (χ4v) is 2.07. The molecule has 0 fully saturated rings. The second-order valence-corrected chi connectivity index (χ2v) is 4.82. The van der Waals surface area contributed by atoms with Crippen molar-refractivity contribution in [3.63, 3.8) is 0 Å². The van der Waals surface area contributed by atoms with Crippen molar-refractivity contribution in [3.05, 3.63) is 28.6 Å². The van der Waals surface area contributed by atoms with E-state index in [-0.39, 0.29) is 18.1 Å². The average Bonchev–Trinajstić information content (AvgIpc) is 2.87. The van der Waals surface area contributed by atoms with E-state index >= 15 is 0 Å². The van der Waals surface area contributed by atoms with Crippen LogP contribution in [0.4, 0.5) is 8.78 Å². The number of hydrogen-bond donors (Lipinski definition) is 1. The summed E-state index contributed by atoms with van der Waals surface area (Å²) in [6.45, 7) is 0. The van der Waals surface area contributed by atoms with Crippen molar-refractivity contribution in [2.45, 2.75) is 19.0 Å². The SMILES string of the molecule is COc1ccc(-c2noc(CC(O)C(F)F)n2)cc1Br. The van der Waals surface area contributed by atoms with Crippen LogP contribution in [0.2, 0.25) is 0 Å². The Hall–Kier alpha value is -1.54. The average molecular weight is 349 g/mol. The number of halogens is 3. The van der Waals surface area contributed by atoms with E-state index in [9.17, 15) is 8.78 Å². The van der Waals surface area contributed by atoms with Crippen molar-refractivity contribution in [1.29, 1.82) is 0 Å². The molecule has 0 amide bonds. The monoisotopic (exact) mass is 348 g/mol. The highest BCUT2D eigenvalue weighted by atomic mass is 79.9. The summed E-state index contributed by atoms with van der Waals surface area (Å²) in [7, 11) is 1.54. The van der Waals surface area contributed by atoms with Crippen molar-refractivity contribution in [2.75, 3.05) is 7.11 Å². The Morgan fingerprint density at radius 3 is 2.80 bits per heavy atom. The van der Waals surface area contributed by atoms with Gasteiger partial charge in [-0.3, -0.25) is 0 Å². The van der Waals surface area contributed by atoms with Crippen molar-refractivity contribution in [1.82, 2.24) is 10.1 Å². The van der Waals surface area contributed by atoms with Gasteiger partial charge in [0.1, 0.15) is 11.9 Å². The van der Waals surface area contributed by atoms with Crippen LogP contribution in [0.5, 0.6) is 5.75 Å². The number of aliphatic hydroxyl groups excluding tert-OH is 1. The molecule has 0 saturated carbocycles. The molecule has 8 heteroatoms. The highest BCUT2D eigenvalue weighted by Crippen LogP contribution is 2.29. The summed E-state index contributed by atoms with van der Waals surface area (Å²) in [4.78, 5) is 3.97. The van der Waals surface area contributed by atoms with Gasteiger partial charge in [0.2, 0.25) is 11.7 Å². The number of rotatable bonds is 5. The van der Waals surface area contributed by atoms with Crippen molar-refractivity contribution < 1.29 is 23.1 Å². The lowest BCUT2D eigenvalue weighted by molar-refractivity contribution is -0.00754. The molecule has 1 aromatic heterocycles. The zero-order valence-electron chi connectivity index (χ0n) is 10.4. The molecule has 0 bridgehead atoms. The number of ether oxygens (including phenoxy) is 1. The second-order valence-electron chi connectivity index (χ2n) is 3.97. The molecule has 0 spiro atoms. The minimum absolute atomic E-state index is 0.0419. The molecule has 2 rings (SSSR count). The van der Waals surface area contributed by atoms with Gasteiger partial charge in [-0.25, -0.2) is 8.78 Å². The van der Waals surface area contributed by atoms with E-state index in [1.807, 2.05) is 0 Å². The highest BCUT2D eigenvalue weighted by Gasteiger charge is 2.21. The van der Waals surface area contributed by atoms with Gasteiger partial charge >= 0.3 is 0 Å². The Labute approximate surface area is 121 Å². The van der Waals surface area contributed by atoms with Crippen LogP contribution in [0, 0.1) is 0 Å². The first-order valence-corrected chi connectivity index (χ1v) is 6.43. The van der Waals surface area contributed by atoms with E-state index in [1.165, 1.54) is 7.11 Å². The maximum absolute atomic E-state index is 12.2. The number of aliphatic hydroxyl groups is 1. The van der Waals surface area contributed by atoms with Crippen LogP contribution >= 0.6 is 15.9 Å². The summed E-state index contributed by atoms with van der Waals surface area (Å²) in [6.07, 6.45) is -5.05. The summed E-state index contributed by atoms with van der Waals surface area (Å²) in [6, 6.07) is 5.14. The number of methoxy groups -OCH3 is 1. The first-order chi connectivity index (χ1) is 9.51. The third kappa shape index (κ3) is 3.31. The molecule has 5 nitrogen and oxygen atoms in total. The van der Waals surface area contributed by atoms with Crippen LogP contribution in [0.3, 0.4) is 0 Å². The first-order valence-electron chi connectivity index (χ1n) is 5.64. The molecule has 0 aliphatic rings. The molecule has 2 aromatic rings. The lowest BCUT2D eigenvalue weighted by Crippen LogP contribution is -2.20. The van der Waals surface area contributed by atoms with E-state index in [2.05, 4.69) is 26.1 Å². The van der Waals surface area contributed by atoms with Crippen LogP contribution in [-0.4, -0.2) is 34.9 Å². The van der Waals surface area contributed by atoms with Crippen LogP contribution < -0.4 is 4.74 Å². The van der Waals surface area contributed by atoms with Crippen molar-refractivity contribution in [2.24, 2.45) is 0 Å². The Kier molecular flexibility index (Phi) is 4.66. The topological polar surface area (TPSA) is 68.4 Å². The molecule has 0 saturated heterocycles. The second kappa shape index (κ2) is 6.27. The van der Waals surface area contributed by atoms with Crippen LogP contribution in [-0.2, 0) is 6.42 Å². The van der Waals surface area contributed by atoms with Gasteiger partial charge in [-0.2, -0.15) is 4.98 Å². The minimum atomic E-state index is -2.85. The Balaban J connectivity index is 2.18. The van der Waals surface area contributed by atoms with Gasteiger partial charge in [0.25, 0.3) is 6.43 Å². The highest BCUT2D eigenvalue weighted by molar-refractivity contribution is 9.10. The van der Waals surface area contributed by atoms with Gasteiger partial charge in [-0.15, -0.1) is 0 Å². The maximum atomic E-state index is 12.2. The molecule has 0 aliphatic heterocycles. The number of hydrogen-bond acceptors (Lipinski definition) is 5. The summed E-state index contributed by atoms with van der Waals surface area (Å²) >= 11 is 3.32. The molecular formula is C12H11BrF2N2O3. The summed E-state index contributed by atoms with van der Waals surface area (Å²) < 4.78 is 35.1. The molecule has 1 aromatic carbocycles. The summed E-state index contributed by atoms with van der Waals surface area (Å²) in [5.74, 6) is 0.857. The molecular weight excluding hydrogens is 338 g/mol.